The molecule has 2 rings (SSSR count). The highest BCUT2D eigenvalue weighted by atomic mass is 19.1. The van der Waals surface area contributed by atoms with Gasteiger partial charge in [0.05, 0.1) is 6.10 Å². The Hall–Kier alpha value is -1.51. The maximum atomic E-state index is 13.8. The van der Waals surface area contributed by atoms with Gasteiger partial charge < -0.3 is 14.9 Å². The number of hydrogen-bond acceptors (Lipinski definition) is 5. The second kappa shape index (κ2) is 4.63. The van der Waals surface area contributed by atoms with Gasteiger partial charge in [0.2, 0.25) is 0 Å². The Morgan fingerprint density at radius 1 is 1.56 bits per heavy atom. The Labute approximate surface area is 100 Å². The molecule has 1 aliphatic rings. The summed E-state index contributed by atoms with van der Waals surface area (Å²) in [6.45, 7) is 1.35. The summed E-state index contributed by atoms with van der Waals surface area (Å²) in [4.78, 5) is 24.3. The van der Waals surface area contributed by atoms with E-state index in [9.17, 15) is 24.2 Å². The van der Waals surface area contributed by atoms with Crippen LogP contribution in [0.1, 0.15) is 13.2 Å². The molecule has 0 bridgehead atoms. The largest absolute Gasteiger partial charge is 0.391 e. The molecule has 0 aromatic carbocycles. The van der Waals surface area contributed by atoms with E-state index in [0.717, 1.165) is 16.8 Å². The summed E-state index contributed by atoms with van der Waals surface area (Å²) >= 11 is 0. The fraction of sp³-hybridized carbons (Fsp3) is 0.600. The highest BCUT2D eigenvalue weighted by molar-refractivity contribution is 4.94. The maximum Gasteiger partial charge on any atom is 0.330 e. The molecule has 18 heavy (non-hydrogen) atoms. The molecule has 1 saturated heterocycles. The van der Waals surface area contributed by atoms with Crippen LogP contribution in [0.4, 0.5) is 4.39 Å². The maximum absolute atomic E-state index is 13.8. The van der Waals surface area contributed by atoms with Gasteiger partial charge in [0.15, 0.2) is 12.4 Å². The summed E-state index contributed by atoms with van der Waals surface area (Å²) < 4.78 is 19.8. The van der Waals surface area contributed by atoms with Gasteiger partial charge >= 0.3 is 5.69 Å². The third kappa shape index (κ3) is 2.09. The minimum atomic E-state index is -1.87. The molecule has 0 saturated carbocycles. The zero-order chi connectivity index (χ0) is 13.4. The minimum Gasteiger partial charge on any atom is -0.391 e. The molecule has 3 N–H and O–H groups in total. The van der Waals surface area contributed by atoms with Crippen LogP contribution in [0.25, 0.3) is 0 Å². The standard InChI is InChI=1S/C10H13FN2O5/c1-4(14)8-7(16)6(11)9(18-8)13-3-2-5(15)12-10(13)17/h2-4,6-9,14,16H,1H3,(H,12,15,17)/t4-,6-,7+,8?,9-/m1/s1. The van der Waals surface area contributed by atoms with Crippen molar-refractivity contribution in [2.75, 3.05) is 0 Å². The van der Waals surface area contributed by atoms with Crippen LogP contribution in [0.3, 0.4) is 0 Å². The number of aromatic nitrogens is 2. The number of aliphatic hydroxyl groups excluding tert-OH is 2. The number of ether oxygens (including phenoxy) is 1. The third-order valence-electron chi connectivity index (χ3n) is 2.83. The molecule has 1 aromatic heterocycles. The molecule has 0 radical (unpaired) electrons. The van der Waals surface area contributed by atoms with Crippen molar-refractivity contribution in [2.45, 2.75) is 37.6 Å². The lowest BCUT2D eigenvalue weighted by Crippen LogP contribution is -2.36. The Morgan fingerprint density at radius 3 is 2.72 bits per heavy atom. The second-order valence-electron chi connectivity index (χ2n) is 4.18. The molecule has 1 fully saturated rings. The molecule has 1 aliphatic heterocycles. The smallest absolute Gasteiger partial charge is 0.330 e. The van der Waals surface area contributed by atoms with Crippen molar-refractivity contribution in [3.63, 3.8) is 0 Å². The van der Waals surface area contributed by atoms with Gasteiger partial charge in [0, 0.05) is 12.3 Å². The van der Waals surface area contributed by atoms with Gasteiger partial charge in [-0.1, -0.05) is 0 Å². The third-order valence-corrected chi connectivity index (χ3v) is 2.83. The monoisotopic (exact) mass is 260 g/mol. The molecule has 7 nitrogen and oxygen atoms in total. The molecule has 8 heteroatoms. The molecule has 0 spiro atoms. The van der Waals surface area contributed by atoms with Crippen molar-refractivity contribution >= 4 is 0 Å². The van der Waals surface area contributed by atoms with Crippen molar-refractivity contribution in [3.8, 4) is 0 Å². The lowest BCUT2D eigenvalue weighted by molar-refractivity contribution is -0.0784. The van der Waals surface area contributed by atoms with Crippen molar-refractivity contribution in [1.82, 2.24) is 9.55 Å². The summed E-state index contributed by atoms with van der Waals surface area (Å²) in [5.74, 6) is 0. The first-order valence-corrected chi connectivity index (χ1v) is 5.39. The van der Waals surface area contributed by atoms with E-state index in [1.807, 2.05) is 4.98 Å². The molecule has 1 unspecified atom stereocenters. The van der Waals surface area contributed by atoms with E-state index in [1.54, 1.807) is 0 Å². The molecular formula is C10H13FN2O5. The predicted octanol–water partition coefficient (Wildman–Crippen LogP) is -1.49. The zero-order valence-corrected chi connectivity index (χ0v) is 9.49. The van der Waals surface area contributed by atoms with Crippen molar-refractivity contribution in [1.29, 1.82) is 0 Å². The van der Waals surface area contributed by atoms with Gasteiger partial charge in [0.1, 0.15) is 12.2 Å². The van der Waals surface area contributed by atoms with Crippen molar-refractivity contribution < 1.29 is 19.3 Å². The minimum absolute atomic E-state index is 0.614. The number of hydrogen-bond donors (Lipinski definition) is 3. The summed E-state index contributed by atoms with van der Waals surface area (Å²) in [5, 5.41) is 18.9. The van der Waals surface area contributed by atoms with Gasteiger partial charge in [-0.15, -0.1) is 0 Å². The van der Waals surface area contributed by atoms with E-state index in [1.165, 1.54) is 6.92 Å². The fourth-order valence-electron chi connectivity index (χ4n) is 1.91. The second-order valence-corrected chi connectivity index (χ2v) is 4.18. The molecule has 5 atom stereocenters. The van der Waals surface area contributed by atoms with E-state index in [4.69, 9.17) is 4.74 Å². The number of alkyl halides is 1. The van der Waals surface area contributed by atoms with Crippen LogP contribution in [-0.2, 0) is 4.74 Å². The first-order valence-electron chi connectivity index (χ1n) is 5.39. The Bertz CT molecular complexity index is 540. The van der Waals surface area contributed by atoms with Crippen LogP contribution >= 0.6 is 0 Å². The number of H-pyrrole nitrogens is 1. The van der Waals surface area contributed by atoms with Gasteiger partial charge in [-0.3, -0.25) is 14.3 Å². The lowest BCUT2D eigenvalue weighted by Gasteiger charge is -2.17. The van der Waals surface area contributed by atoms with Gasteiger partial charge in [-0.2, -0.15) is 0 Å². The molecule has 100 valence electrons. The number of aromatic amines is 1. The quantitative estimate of drug-likeness (QED) is 0.601. The number of aliphatic hydroxyl groups is 2. The van der Waals surface area contributed by atoms with E-state index >= 15 is 0 Å². The normalized spacial score (nSPS) is 33.6. The molecular weight excluding hydrogens is 247 g/mol. The number of nitrogens with one attached hydrogen (secondary N) is 1. The van der Waals surface area contributed by atoms with Gasteiger partial charge in [-0.25, -0.2) is 9.18 Å². The van der Waals surface area contributed by atoms with E-state index in [-0.39, 0.29) is 0 Å². The van der Waals surface area contributed by atoms with E-state index in [0.29, 0.717) is 0 Å². The Morgan fingerprint density at radius 2 is 2.22 bits per heavy atom. The molecule has 0 amide bonds. The first kappa shape index (κ1) is 12.9. The summed E-state index contributed by atoms with van der Waals surface area (Å²) in [6, 6.07) is 1.04. The van der Waals surface area contributed by atoms with Crippen molar-refractivity contribution in [3.05, 3.63) is 33.1 Å². The highest BCUT2D eigenvalue weighted by Gasteiger charge is 2.47. The summed E-state index contributed by atoms with van der Waals surface area (Å²) in [5.41, 5.74) is -1.45. The van der Waals surface area contributed by atoms with Crippen LogP contribution in [0, 0.1) is 0 Å². The van der Waals surface area contributed by atoms with Gasteiger partial charge in [0.25, 0.3) is 5.56 Å². The zero-order valence-electron chi connectivity index (χ0n) is 9.49. The molecule has 2 heterocycles. The topological polar surface area (TPSA) is 105 Å². The highest BCUT2D eigenvalue weighted by Crippen LogP contribution is 2.32. The number of rotatable bonds is 2. The number of nitrogens with zero attached hydrogens (tertiary/aromatic N) is 1. The molecule has 0 aliphatic carbocycles. The molecule has 1 aromatic rings. The SMILES string of the molecule is C[C@@H](O)C1O[C@@H](n2ccc(=O)[nH]c2=O)[C@H](F)[C@@H]1O. The first-order chi connectivity index (χ1) is 8.41. The average molecular weight is 260 g/mol. The summed E-state index contributed by atoms with van der Waals surface area (Å²) in [7, 11) is 0. The average Bonchev–Trinajstić information content (AvgIpc) is 2.57. The predicted molar refractivity (Wildman–Crippen MR) is 57.8 cm³/mol. The fourth-order valence-corrected chi connectivity index (χ4v) is 1.91. The van der Waals surface area contributed by atoms with E-state index in [2.05, 4.69) is 0 Å². The summed E-state index contributed by atoms with van der Waals surface area (Å²) in [6.07, 6.45) is -5.90. The van der Waals surface area contributed by atoms with E-state index < -0.39 is 42.0 Å². The number of halogens is 1. The van der Waals surface area contributed by atoms with Crippen molar-refractivity contribution in [2.24, 2.45) is 0 Å². The Balaban J connectivity index is 2.35. The van der Waals surface area contributed by atoms with Crippen LogP contribution in [0.5, 0.6) is 0 Å². The van der Waals surface area contributed by atoms with Crippen LogP contribution < -0.4 is 11.2 Å². The lowest BCUT2D eigenvalue weighted by atomic mass is 10.1. The van der Waals surface area contributed by atoms with Crippen LogP contribution in [-0.4, -0.2) is 44.2 Å². The van der Waals surface area contributed by atoms with Crippen LogP contribution in [0.2, 0.25) is 0 Å². The van der Waals surface area contributed by atoms with Crippen LogP contribution in [0.15, 0.2) is 21.9 Å². The Kier molecular flexibility index (Phi) is 3.33. The van der Waals surface area contributed by atoms with Gasteiger partial charge in [-0.05, 0) is 6.92 Å².